The first-order valence-corrected chi connectivity index (χ1v) is 22.2. The van der Waals surface area contributed by atoms with Crippen molar-refractivity contribution in [3.63, 3.8) is 0 Å². The third kappa shape index (κ3) is 6.34. The van der Waals surface area contributed by atoms with Crippen LogP contribution in [0.1, 0.15) is 84.0 Å². The third-order valence-electron chi connectivity index (χ3n) is 12.4. The number of fused-ring (bicyclic) bond motifs is 2. The number of benzene rings is 3. The van der Waals surface area contributed by atoms with Crippen molar-refractivity contribution in [2.75, 3.05) is 44.4 Å². The second kappa shape index (κ2) is 15.2. The molecule has 6 aromatic rings. The summed E-state index contributed by atoms with van der Waals surface area (Å²) in [5.41, 5.74) is 5.01. The number of ether oxygens (including phenoxy) is 1. The van der Waals surface area contributed by atoms with Crippen LogP contribution in [0.2, 0.25) is 0 Å². The number of carbonyl (C=O) groups excluding carboxylic acids is 1. The first-order valence-electron chi connectivity index (χ1n) is 20.1. The molecule has 2 aliphatic heterocycles. The molecular formula is C44H50F2N7O4P. The zero-order valence-corrected chi connectivity index (χ0v) is 35.0. The molecule has 1 atom stereocenters. The van der Waals surface area contributed by atoms with Crippen molar-refractivity contribution in [1.29, 1.82) is 0 Å². The Morgan fingerprint density at radius 3 is 2.33 bits per heavy atom. The van der Waals surface area contributed by atoms with Gasteiger partial charge in [-0.3, -0.25) is 13.9 Å². The van der Waals surface area contributed by atoms with Crippen LogP contribution in [0, 0.1) is 25.5 Å². The van der Waals surface area contributed by atoms with E-state index in [1.54, 1.807) is 50.0 Å². The molecule has 2 aliphatic rings. The van der Waals surface area contributed by atoms with E-state index in [1.165, 1.54) is 27.0 Å². The number of amides is 1. The van der Waals surface area contributed by atoms with Crippen molar-refractivity contribution in [2.45, 2.75) is 65.8 Å². The van der Waals surface area contributed by atoms with Gasteiger partial charge in [-0.25, -0.2) is 18.3 Å². The first-order chi connectivity index (χ1) is 27.8. The molecule has 0 unspecified atom stereocenters. The fourth-order valence-corrected chi connectivity index (χ4v) is 11.1. The highest BCUT2D eigenvalue weighted by molar-refractivity contribution is 7.71. The molecule has 3 aromatic heterocycles. The minimum Gasteiger partial charge on any atom is -0.385 e. The van der Waals surface area contributed by atoms with Crippen molar-refractivity contribution in [1.82, 2.24) is 28.4 Å². The standard InChI is InChI=1S/C44H50F2N7O4P/c1-8-58(56,9-2)37-13-12-35(40(46)41(37)47-6)51-18-19-52(44(51)55)42-38-28(5)50(17-14-33(38)48-53(42)32-22-26(3)39(45)27(4)23-32)43(54)36-25-31-24-30(10-11-34(31)49(36)7)29-15-20-57-21-16-29/h10-13,18-19,22-25,28-29,47H,8-9,14-17,20-21H2,1-7H3/t28-/m0/s1. The van der Waals surface area contributed by atoms with Crippen LogP contribution >= 0.6 is 7.14 Å². The Kier molecular flexibility index (Phi) is 10.3. The Labute approximate surface area is 336 Å². The summed E-state index contributed by atoms with van der Waals surface area (Å²) in [6, 6.07) is 14.4. The van der Waals surface area contributed by atoms with E-state index in [0.29, 0.717) is 76.1 Å². The fourth-order valence-electron chi connectivity index (χ4n) is 9.00. The van der Waals surface area contributed by atoms with E-state index in [1.807, 2.05) is 43.4 Å². The average molecular weight is 810 g/mol. The molecule has 0 bridgehead atoms. The number of carbonyl (C=O) groups is 1. The molecule has 0 radical (unpaired) electrons. The Morgan fingerprint density at radius 2 is 1.66 bits per heavy atom. The van der Waals surface area contributed by atoms with Gasteiger partial charge in [0.2, 0.25) is 0 Å². The number of imidazole rings is 1. The zero-order valence-electron chi connectivity index (χ0n) is 34.1. The summed E-state index contributed by atoms with van der Waals surface area (Å²) >= 11 is 0. The Balaban J connectivity index is 1.24. The lowest BCUT2D eigenvalue weighted by Crippen LogP contribution is -2.40. The van der Waals surface area contributed by atoms with Crippen LogP contribution in [0.25, 0.3) is 28.1 Å². The van der Waals surface area contributed by atoms with Gasteiger partial charge < -0.3 is 24.1 Å². The maximum atomic E-state index is 16.4. The van der Waals surface area contributed by atoms with E-state index in [-0.39, 0.29) is 23.1 Å². The summed E-state index contributed by atoms with van der Waals surface area (Å²) in [5, 5.41) is 9.32. The average Bonchev–Trinajstić information content (AvgIpc) is 3.91. The van der Waals surface area contributed by atoms with Crippen LogP contribution in [0.5, 0.6) is 0 Å². The highest BCUT2D eigenvalue weighted by Crippen LogP contribution is 2.46. The van der Waals surface area contributed by atoms with E-state index in [4.69, 9.17) is 9.84 Å². The highest BCUT2D eigenvalue weighted by Gasteiger charge is 2.37. The molecule has 1 N–H and O–H groups in total. The largest absolute Gasteiger partial charge is 0.385 e. The molecule has 1 saturated heterocycles. The minimum atomic E-state index is -2.87. The maximum Gasteiger partial charge on any atom is 0.338 e. The molecule has 58 heavy (non-hydrogen) atoms. The molecular weight excluding hydrogens is 759 g/mol. The molecule has 14 heteroatoms. The third-order valence-corrected chi connectivity index (χ3v) is 15.7. The number of nitrogens with one attached hydrogen (secondary N) is 1. The summed E-state index contributed by atoms with van der Waals surface area (Å²) in [7, 11) is 0.606. The molecule has 0 spiro atoms. The van der Waals surface area contributed by atoms with E-state index < -0.39 is 24.7 Å². The van der Waals surface area contributed by atoms with Crippen molar-refractivity contribution in [3.05, 3.63) is 117 Å². The molecule has 1 amide bonds. The van der Waals surface area contributed by atoms with Crippen LogP contribution in [-0.2, 0) is 22.8 Å². The van der Waals surface area contributed by atoms with Gasteiger partial charge in [0.15, 0.2) is 5.82 Å². The van der Waals surface area contributed by atoms with Crippen molar-refractivity contribution in [3.8, 4) is 17.2 Å². The lowest BCUT2D eigenvalue weighted by molar-refractivity contribution is 0.0667. The minimum absolute atomic E-state index is 0.00962. The molecule has 3 aromatic carbocycles. The number of aryl methyl sites for hydroxylation is 3. The molecule has 304 valence electrons. The number of anilines is 1. The highest BCUT2D eigenvalue weighted by atomic mass is 31.2. The van der Waals surface area contributed by atoms with Crippen molar-refractivity contribution < 1.29 is 22.9 Å². The summed E-state index contributed by atoms with van der Waals surface area (Å²) in [5.74, 6) is -0.385. The molecule has 8 rings (SSSR count). The quantitative estimate of drug-likeness (QED) is 0.149. The fraction of sp³-hybridized carbons (Fsp3) is 0.386. The van der Waals surface area contributed by atoms with E-state index in [0.717, 1.165) is 37.0 Å². The number of aromatic nitrogens is 5. The summed E-state index contributed by atoms with van der Waals surface area (Å²) in [6.45, 7) is 10.8. The number of nitrogens with zero attached hydrogens (tertiary/aromatic N) is 6. The first kappa shape index (κ1) is 39.6. The molecule has 1 fully saturated rings. The summed E-state index contributed by atoms with van der Waals surface area (Å²) in [4.78, 5) is 31.0. The second-order valence-corrected chi connectivity index (χ2v) is 19.1. The maximum absolute atomic E-state index is 16.4. The van der Waals surface area contributed by atoms with Crippen LogP contribution in [0.15, 0.2) is 65.7 Å². The van der Waals surface area contributed by atoms with Crippen LogP contribution in [0.3, 0.4) is 0 Å². The lowest BCUT2D eigenvalue weighted by atomic mass is 9.91. The van der Waals surface area contributed by atoms with Gasteiger partial charge in [-0.15, -0.1) is 0 Å². The number of hydrogen-bond donors (Lipinski definition) is 1. The normalized spacial score (nSPS) is 16.3. The van der Waals surface area contributed by atoms with Crippen LogP contribution in [0.4, 0.5) is 14.5 Å². The molecule has 5 heterocycles. The van der Waals surface area contributed by atoms with Gasteiger partial charge in [-0.05, 0) is 98.7 Å². The van der Waals surface area contributed by atoms with E-state index in [2.05, 4.69) is 23.5 Å². The topological polar surface area (TPSA) is 108 Å². The number of rotatable bonds is 9. The van der Waals surface area contributed by atoms with Gasteiger partial charge in [0.1, 0.15) is 24.5 Å². The van der Waals surface area contributed by atoms with Crippen LogP contribution in [-0.4, -0.2) is 73.4 Å². The van der Waals surface area contributed by atoms with Crippen molar-refractivity contribution >= 4 is 34.9 Å². The SMILES string of the molecule is CCP(=O)(CC)c1ccc(-n2ccn(-c3c4c(nn3-c3cc(C)c(F)c(C)c3)CCN(C(=O)c3cc5cc(C6CCOCC6)ccc5n3C)[C@H]4C)c2=O)c(F)c1NC. The predicted octanol–water partition coefficient (Wildman–Crippen LogP) is 7.92. The van der Waals surface area contributed by atoms with Gasteiger partial charge in [0.25, 0.3) is 5.91 Å². The van der Waals surface area contributed by atoms with Gasteiger partial charge >= 0.3 is 5.69 Å². The van der Waals surface area contributed by atoms with Gasteiger partial charge in [0, 0.05) is 86.8 Å². The monoisotopic (exact) mass is 809 g/mol. The van der Waals surface area contributed by atoms with E-state index >= 15 is 4.39 Å². The molecule has 11 nitrogen and oxygen atoms in total. The Bertz CT molecular complexity index is 2670. The summed E-state index contributed by atoms with van der Waals surface area (Å²) < 4.78 is 56.9. The Hall–Kier alpha value is -5.26. The van der Waals surface area contributed by atoms with Gasteiger partial charge in [-0.1, -0.05) is 19.9 Å². The summed E-state index contributed by atoms with van der Waals surface area (Å²) in [6.07, 6.45) is 6.15. The molecule has 0 aliphatic carbocycles. The number of hydrogen-bond acceptors (Lipinski definition) is 6. The lowest BCUT2D eigenvalue weighted by Gasteiger charge is -2.33. The van der Waals surface area contributed by atoms with Crippen molar-refractivity contribution in [2.24, 2.45) is 7.05 Å². The molecule has 0 saturated carbocycles. The van der Waals surface area contributed by atoms with Gasteiger partial charge in [0.05, 0.1) is 28.8 Å². The van der Waals surface area contributed by atoms with Gasteiger partial charge in [-0.2, -0.15) is 5.10 Å². The second-order valence-electron chi connectivity index (χ2n) is 15.6. The smallest absolute Gasteiger partial charge is 0.338 e. The van der Waals surface area contributed by atoms with Crippen LogP contribution < -0.4 is 16.3 Å². The Morgan fingerprint density at radius 1 is 0.966 bits per heavy atom. The number of halogens is 2. The van der Waals surface area contributed by atoms with E-state index in [9.17, 15) is 18.5 Å². The zero-order chi connectivity index (χ0) is 41.2. The predicted molar refractivity (Wildman–Crippen MR) is 225 cm³/mol.